The van der Waals surface area contributed by atoms with Gasteiger partial charge < -0.3 is 10.1 Å². The molecular formula is C14H17N5O2. The number of aromatic nitrogens is 4. The van der Waals surface area contributed by atoms with Crippen LogP contribution in [0, 0.1) is 0 Å². The fraction of sp³-hybridized carbons (Fsp3) is 0.286. The number of carbonyl (C=O) groups is 1. The molecule has 0 aliphatic heterocycles. The van der Waals surface area contributed by atoms with Crippen LogP contribution in [0.3, 0.4) is 0 Å². The highest BCUT2D eigenvalue weighted by Crippen LogP contribution is 2.03. The Morgan fingerprint density at radius 1 is 1.48 bits per heavy atom. The monoisotopic (exact) mass is 287 g/mol. The maximum absolute atomic E-state index is 11.9. The van der Waals surface area contributed by atoms with Crippen LogP contribution in [0.25, 0.3) is 5.82 Å². The van der Waals surface area contributed by atoms with Gasteiger partial charge in [0.1, 0.15) is 12.7 Å². The van der Waals surface area contributed by atoms with E-state index in [9.17, 15) is 4.79 Å². The van der Waals surface area contributed by atoms with Crippen LogP contribution in [0.15, 0.2) is 43.1 Å². The largest absolute Gasteiger partial charge is 0.375 e. The lowest BCUT2D eigenvalue weighted by Gasteiger charge is -2.06. The van der Waals surface area contributed by atoms with Gasteiger partial charge in [-0.15, -0.1) is 0 Å². The van der Waals surface area contributed by atoms with Crippen LogP contribution in [-0.2, 0) is 4.74 Å². The average Bonchev–Trinajstić information content (AvgIpc) is 3.01. The van der Waals surface area contributed by atoms with Crippen LogP contribution in [0.1, 0.15) is 17.3 Å². The molecule has 0 saturated heterocycles. The molecule has 2 aromatic heterocycles. The number of carbonyl (C=O) groups excluding carboxylic acids is 1. The van der Waals surface area contributed by atoms with Gasteiger partial charge in [-0.3, -0.25) is 4.79 Å². The molecule has 0 aliphatic rings. The highest BCUT2D eigenvalue weighted by Gasteiger charge is 2.06. The maximum Gasteiger partial charge on any atom is 0.252 e. The van der Waals surface area contributed by atoms with Crippen molar-refractivity contribution in [2.75, 3.05) is 19.8 Å². The molecule has 0 saturated carbocycles. The van der Waals surface area contributed by atoms with Crippen molar-refractivity contribution >= 4 is 5.91 Å². The summed E-state index contributed by atoms with van der Waals surface area (Å²) in [5.41, 5.74) is 1.44. The van der Waals surface area contributed by atoms with E-state index in [1.165, 1.54) is 17.2 Å². The van der Waals surface area contributed by atoms with Crippen molar-refractivity contribution in [2.45, 2.75) is 6.92 Å². The van der Waals surface area contributed by atoms with Gasteiger partial charge >= 0.3 is 0 Å². The number of nitrogens with zero attached hydrogens (tertiary/aromatic N) is 4. The Labute approximate surface area is 122 Å². The van der Waals surface area contributed by atoms with Gasteiger partial charge in [-0.05, 0) is 19.1 Å². The first-order chi connectivity index (χ1) is 10.2. The van der Waals surface area contributed by atoms with E-state index < -0.39 is 0 Å². The maximum atomic E-state index is 11.9. The third-order valence-electron chi connectivity index (χ3n) is 2.54. The lowest BCUT2D eigenvalue weighted by molar-refractivity contribution is 0.0926. The summed E-state index contributed by atoms with van der Waals surface area (Å²) in [5.74, 6) is 0.417. The molecule has 7 heteroatoms. The SMILES string of the molecule is C=C(C)COCCNC(=O)c1ccc(-n2cncn2)nc1. The molecule has 110 valence electrons. The van der Waals surface area contributed by atoms with Crippen molar-refractivity contribution in [1.82, 2.24) is 25.1 Å². The summed E-state index contributed by atoms with van der Waals surface area (Å²) in [6.45, 7) is 7.02. The molecule has 7 nitrogen and oxygen atoms in total. The Balaban J connectivity index is 1.81. The number of pyridine rings is 1. The van der Waals surface area contributed by atoms with Gasteiger partial charge in [0.2, 0.25) is 0 Å². The Morgan fingerprint density at radius 3 is 2.95 bits per heavy atom. The van der Waals surface area contributed by atoms with Crippen LogP contribution in [0.2, 0.25) is 0 Å². The zero-order chi connectivity index (χ0) is 15.1. The Morgan fingerprint density at radius 2 is 2.33 bits per heavy atom. The second-order valence-electron chi connectivity index (χ2n) is 4.51. The van der Waals surface area contributed by atoms with E-state index in [1.54, 1.807) is 18.5 Å². The molecule has 2 heterocycles. The van der Waals surface area contributed by atoms with Crippen molar-refractivity contribution < 1.29 is 9.53 Å². The number of rotatable bonds is 7. The standard InChI is InChI=1S/C14H17N5O2/c1-11(2)8-21-6-5-16-14(20)12-3-4-13(17-7-12)19-10-15-9-18-19/h3-4,7,9-10H,1,5-6,8H2,2H3,(H,16,20). The van der Waals surface area contributed by atoms with Gasteiger partial charge in [-0.1, -0.05) is 12.2 Å². The lowest BCUT2D eigenvalue weighted by atomic mass is 10.2. The van der Waals surface area contributed by atoms with Crippen LogP contribution in [-0.4, -0.2) is 45.4 Å². The molecule has 0 radical (unpaired) electrons. The summed E-state index contributed by atoms with van der Waals surface area (Å²) in [6, 6.07) is 3.40. The van der Waals surface area contributed by atoms with Gasteiger partial charge in [-0.2, -0.15) is 5.10 Å². The number of ether oxygens (including phenoxy) is 1. The molecule has 0 unspecified atom stereocenters. The minimum absolute atomic E-state index is 0.188. The van der Waals surface area contributed by atoms with E-state index in [0.717, 1.165) is 5.57 Å². The molecule has 0 aromatic carbocycles. The fourth-order valence-electron chi connectivity index (χ4n) is 1.57. The third-order valence-corrected chi connectivity index (χ3v) is 2.54. The number of hydrogen-bond acceptors (Lipinski definition) is 5. The molecule has 0 spiro atoms. The summed E-state index contributed by atoms with van der Waals surface area (Å²) in [6.07, 6.45) is 4.47. The Bertz CT molecular complexity index is 592. The molecule has 0 fully saturated rings. The summed E-state index contributed by atoms with van der Waals surface area (Å²) in [5, 5.41) is 6.72. The molecule has 0 aliphatic carbocycles. The van der Waals surface area contributed by atoms with Crippen LogP contribution in [0.4, 0.5) is 0 Å². The van der Waals surface area contributed by atoms with E-state index in [2.05, 4.69) is 27.0 Å². The predicted octanol–water partition coefficient (Wildman–Crippen LogP) is 0.985. The molecular weight excluding hydrogens is 270 g/mol. The summed E-state index contributed by atoms with van der Waals surface area (Å²) in [4.78, 5) is 19.9. The van der Waals surface area contributed by atoms with Gasteiger partial charge in [0.15, 0.2) is 5.82 Å². The first kappa shape index (κ1) is 14.9. The topological polar surface area (TPSA) is 81.9 Å². The van der Waals surface area contributed by atoms with Crippen LogP contribution < -0.4 is 5.32 Å². The van der Waals surface area contributed by atoms with Gasteiger partial charge in [0.25, 0.3) is 5.91 Å². The smallest absolute Gasteiger partial charge is 0.252 e. The van der Waals surface area contributed by atoms with Crippen molar-refractivity contribution in [2.24, 2.45) is 0 Å². The number of amides is 1. The van der Waals surface area contributed by atoms with Gasteiger partial charge in [-0.25, -0.2) is 14.6 Å². The quantitative estimate of drug-likeness (QED) is 0.606. The minimum atomic E-state index is -0.188. The van der Waals surface area contributed by atoms with Crippen molar-refractivity contribution in [3.63, 3.8) is 0 Å². The molecule has 1 N–H and O–H groups in total. The molecule has 0 atom stereocenters. The number of hydrogen-bond donors (Lipinski definition) is 1. The normalized spacial score (nSPS) is 10.3. The Kier molecular flexibility index (Phi) is 5.16. The zero-order valence-corrected chi connectivity index (χ0v) is 11.8. The minimum Gasteiger partial charge on any atom is -0.375 e. The van der Waals surface area contributed by atoms with Gasteiger partial charge in [0.05, 0.1) is 18.8 Å². The molecule has 21 heavy (non-hydrogen) atoms. The number of nitrogens with one attached hydrogen (secondary N) is 1. The first-order valence-electron chi connectivity index (χ1n) is 6.48. The summed E-state index contributed by atoms with van der Waals surface area (Å²) >= 11 is 0. The highest BCUT2D eigenvalue weighted by molar-refractivity contribution is 5.93. The van der Waals surface area contributed by atoms with E-state index in [0.29, 0.717) is 31.1 Å². The van der Waals surface area contributed by atoms with E-state index >= 15 is 0 Å². The zero-order valence-electron chi connectivity index (χ0n) is 11.8. The van der Waals surface area contributed by atoms with Crippen molar-refractivity contribution in [3.05, 3.63) is 48.7 Å². The molecule has 2 aromatic rings. The summed E-state index contributed by atoms with van der Waals surface area (Å²) in [7, 11) is 0. The lowest BCUT2D eigenvalue weighted by Crippen LogP contribution is -2.27. The van der Waals surface area contributed by atoms with Crippen LogP contribution >= 0.6 is 0 Å². The second-order valence-corrected chi connectivity index (χ2v) is 4.51. The third kappa shape index (κ3) is 4.50. The first-order valence-corrected chi connectivity index (χ1v) is 6.48. The molecule has 2 rings (SSSR count). The summed E-state index contributed by atoms with van der Waals surface area (Å²) < 4.78 is 6.82. The second kappa shape index (κ2) is 7.30. The van der Waals surface area contributed by atoms with E-state index in [1.807, 2.05) is 6.92 Å². The van der Waals surface area contributed by atoms with E-state index in [4.69, 9.17) is 4.74 Å². The predicted molar refractivity (Wildman–Crippen MR) is 77.1 cm³/mol. The Hall–Kier alpha value is -2.54. The van der Waals surface area contributed by atoms with Gasteiger partial charge in [0, 0.05) is 12.7 Å². The van der Waals surface area contributed by atoms with Crippen molar-refractivity contribution in [3.8, 4) is 5.82 Å². The average molecular weight is 287 g/mol. The molecule has 1 amide bonds. The van der Waals surface area contributed by atoms with Crippen molar-refractivity contribution in [1.29, 1.82) is 0 Å². The van der Waals surface area contributed by atoms with Crippen LogP contribution in [0.5, 0.6) is 0 Å². The fourth-order valence-corrected chi connectivity index (χ4v) is 1.57. The molecule has 0 bridgehead atoms. The highest BCUT2D eigenvalue weighted by atomic mass is 16.5. The van der Waals surface area contributed by atoms with E-state index in [-0.39, 0.29) is 5.91 Å².